The smallest absolute Gasteiger partial charge is 0.265 e. The van der Waals surface area contributed by atoms with Crippen molar-refractivity contribution in [2.45, 2.75) is 83.6 Å². The molecule has 0 radical (unpaired) electrons. The molecule has 4 nitrogen and oxygen atoms in total. The van der Waals surface area contributed by atoms with Gasteiger partial charge in [-0.1, -0.05) is 58.3 Å². The Labute approximate surface area is 139 Å². The monoisotopic (exact) mass is 347 g/mol. The summed E-state index contributed by atoms with van der Waals surface area (Å²) >= 11 is 1.38. The van der Waals surface area contributed by atoms with E-state index in [9.17, 15) is 8.42 Å². The van der Waals surface area contributed by atoms with Gasteiger partial charge in [-0.25, -0.2) is 4.98 Å². The van der Waals surface area contributed by atoms with Crippen molar-refractivity contribution in [3.8, 4) is 0 Å². The Morgan fingerprint density at radius 2 is 1.50 bits per heavy atom. The number of nitrogens with zero attached hydrogens (tertiary/aromatic N) is 1. The second kappa shape index (κ2) is 10.3. The normalized spacial score (nSPS) is 12.0. The number of aryl methyl sites for hydroxylation is 2. The predicted octanol–water partition coefficient (Wildman–Crippen LogP) is 5.00. The first-order valence-corrected chi connectivity index (χ1v) is 10.5. The Balaban J connectivity index is 2.13. The largest absolute Gasteiger partial charge is 0.315 e. The van der Waals surface area contributed by atoms with Crippen LogP contribution in [0.2, 0.25) is 0 Å². The zero-order chi connectivity index (χ0) is 16.4. The average molecular weight is 348 g/mol. The van der Waals surface area contributed by atoms with Crippen molar-refractivity contribution >= 4 is 21.5 Å². The van der Waals surface area contributed by atoms with Crippen LogP contribution < -0.4 is 0 Å². The lowest BCUT2D eigenvalue weighted by Gasteiger charge is -2.04. The van der Waals surface area contributed by atoms with Gasteiger partial charge >= 0.3 is 10.1 Å². The third-order valence-corrected chi connectivity index (χ3v) is 5.95. The SMILES string of the molecule is CCCCCCCCCCCOS(=O)(=O)c1nc(C)sc1C. The minimum atomic E-state index is -3.68. The van der Waals surface area contributed by atoms with Crippen molar-refractivity contribution in [2.75, 3.05) is 6.61 Å². The topological polar surface area (TPSA) is 56.3 Å². The van der Waals surface area contributed by atoms with Gasteiger partial charge in [-0.15, -0.1) is 11.3 Å². The van der Waals surface area contributed by atoms with Gasteiger partial charge in [0.1, 0.15) is 0 Å². The Hall–Kier alpha value is -0.460. The molecular weight excluding hydrogens is 318 g/mol. The first kappa shape index (κ1) is 19.6. The first-order valence-electron chi connectivity index (χ1n) is 8.31. The van der Waals surface area contributed by atoms with Crippen LogP contribution in [0, 0.1) is 13.8 Å². The van der Waals surface area contributed by atoms with Gasteiger partial charge in [0, 0.05) is 4.88 Å². The number of hydrogen-bond acceptors (Lipinski definition) is 5. The third kappa shape index (κ3) is 7.20. The summed E-state index contributed by atoms with van der Waals surface area (Å²) in [5, 5.41) is 0.841. The van der Waals surface area contributed by atoms with Crippen molar-refractivity contribution in [1.82, 2.24) is 4.98 Å². The summed E-state index contributed by atoms with van der Waals surface area (Å²) in [6.45, 7) is 6.05. The molecule has 0 aliphatic rings. The molecule has 0 spiro atoms. The van der Waals surface area contributed by atoms with E-state index in [2.05, 4.69) is 11.9 Å². The lowest BCUT2D eigenvalue weighted by Crippen LogP contribution is -2.09. The second-order valence-electron chi connectivity index (χ2n) is 5.70. The Bertz CT molecular complexity index is 523. The highest BCUT2D eigenvalue weighted by Gasteiger charge is 2.21. The van der Waals surface area contributed by atoms with Crippen molar-refractivity contribution in [2.24, 2.45) is 0 Å². The molecule has 1 aromatic heterocycles. The summed E-state index contributed by atoms with van der Waals surface area (Å²) in [6.07, 6.45) is 10.8. The highest BCUT2D eigenvalue weighted by atomic mass is 32.2. The molecule has 0 amide bonds. The summed E-state index contributed by atoms with van der Waals surface area (Å²) in [5.74, 6) is 0. The maximum atomic E-state index is 12.0. The molecule has 22 heavy (non-hydrogen) atoms. The number of thiazole rings is 1. The summed E-state index contributed by atoms with van der Waals surface area (Å²) in [4.78, 5) is 4.75. The van der Waals surface area contributed by atoms with E-state index in [-0.39, 0.29) is 11.6 Å². The molecular formula is C16H29NO3S2. The predicted molar refractivity (Wildman–Crippen MR) is 92.0 cm³/mol. The molecule has 6 heteroatoms. The highest BCUT2D eigenvalue weighted by Crippen LogP contribution is 2.22. The van der Waals surface area contributed by atoms with E-state index < -0.39 is 10.1 Å². The van der Waals surface area contributed by atoms with Gasteiger partial charge < -0.3 is 0 Å². The molecule has 0 N–H and O–H groups in total. The van der Waals surface area contributed by atoms with E-state index in [1.807, 2.05) is 0 Å². The zero-order valence-electron chi connectivity index (χ0n) is 14.1. The van der Waals surface area contributed by atoms with Crippen LogP contribution in [0.25, 0.3) is 0 Å². The van der Waals surface area contributed by atoms with Gasteiger partial charge in [-0.3, -0.25) is 4.18 Å². The van der Waals surface area contributed by atoms with Crippen molar-refractivity contribution in [3.63, 3.8) is 0 Å². The summed E-state index contributed by atoms with van der Waals surface area (Å²) in [5.41, 5.74) is 0. The molecule has 0 saturated heterocycles. The maximum absolute atomic E-state index is 12.0. The number of unbranched alkanes of at least 4 members (excludes halogenated alkanes) is 8. The summed E-state index contributed by atoms with van der Waals surface area (Å²) < 4.78 is 29.1. The molecule has 1 rings (SSSR count). The molecule has 0 aromatic carbocycles. The molecule has 1 aromatic rings. The minimum absolute atomic E-state index is 0.0888. The van der Waals surface area contributed by atoms with Gasteiger partial charge in [0.25, 0.3) is 0 Å². The quantitative estimate of drug-likeness (QED) is 0.394. The van der Waals surface area contributed by atoms with Crippen LogP contribution >= 0.6 is 11.3 Å². The molecule has 128 valence electrons. The fraction of sp³-hybridized carbons (Fsp3) is 0.812. The van der Waals surface area contributed by atoms with E-state index in [0.29, 0.717) is 4.88 Å². The third-order valence-electron chi connectivity index (χ3n) is 3.58. The molecule has 1 heterocycles. The van der Waals surface area contributed by atoms with E-state index in [4.69, 9.17) is 4.18 Å². The highest BCUT2D eigenvalue weighted by molar-refractivity contribution is 7.86. The van der Waals surface area contributed by atoms with E-state index in [1.54, 1.807) is 13.8 Å². The standard InChI is InChI=1S/C16H29NO3S2/c1-4-5-6-7-8-9-10-11-12-13-20-22(18,19)16-14(2)21-15(3)17-16/h4-13H2,1-3H3. The van der Waals surface area contributed by atoms with Crippen LogP contribution in [0.1, 0.15) is 74.6 Å². The van der Waals surface area contributed by atoms with Gasteiger partial charge in [-0.05, 0) is 20.3 Å². The molecule has 0 aliphatic heterocycles. The first-order chi connectivity index (χ1) is 10.5. The van der Waals surface area contributed by atoms with Crippen LogP contribution in [0.4, 0.5) is 0 Å². The van der Waals surface area contributed by atoms with Gasteiger partial charge in [-0.2, -0.15) is 8.42 Å². The fourth-order valence-electron chi connectivity index (χ4n) is 2.38. The molecule has 0 atom stereocenters. The molecule has 0 bridgehead atoms. The van der Waals surface area contributed by atoms with E-state index in [0.717, 1.165) is 24.3 Å². The Morgan fingerprint density at radius 3 is 2.00 bits per heavy atom. The second-order valence-corrected chi connectivity index (χ2v) is 8.64. The number of aromatic nitrogens is 1. The summed E-state index contributed by atoms with van der Waals surface area (Å²) in [6, 6.07) is 0. The lowest BCUT2D eigenvalue weighted by atomic mass is 10.1. The van der Waals surface area contributed by atoms with Gasteiger partial charge in [0.05, 0.1) is 11.6 Å². The molecule has 0 unspecified atom stereocenters. The Kier molecular flexibility index (Phi) is 9.21. The molecule has 0 fully saturated rings. The van der Waals surface area contributed by atoms with E-state index in [1.165, 1.54) is 49.9 Å². The zero-order valence-corrected chi connectivity index (χ0v) is 15.7. The Morgan fingerprint density at radius 1 is 0.955 bits per heavy atom. The van der Waals surface area contributed by atoms with Crippen LogP contribution in [-0.2, 0) is 14.3 Å². The number of rotatable bonds is 12. The minimum Gasteiger partial charge on any atom is -0.265 e. The molecule has 0 saturated carbocycles. The van der Waals surface area contributed by atoms with Crippen LogP contribution in [-0.4, -0.2) is 20.0 Å². The fourth-order valence-corrected chi connectivity index (χ4v) is 4.63. The number of hydrogen-bond donors (Lipinski definition) is 0. The van der Waals surface area contributed by atoms with Crippen LogP contribution in [0.3, 0.4) is 0 Å². The van der Waals surface area contributed by atoms with E-state index >= 15 is 0 Å². The van der Waals surface area contributed by atoms with Crippen LogP contribution in [0.15, 0.2) is 5.03 Å². The van der Waals surface area contributed by atoms with Gasteiger partial charge in [0.15, 0.2) is 5.03 Å². The van der Waals surface area contributed by atoms with Crippen LogP contribution in [0.5, 0.6) is 0 Å². The van der Waals surface area contributed by atoms with Gasteiger partial charge in [0.2, 0.25) is 0 Å². The average Bonchev–Trinajstić information content (AvgIpc) is 2.80. The lowest BCUT2D eigenvalue weighted by molar-refractivity contribution is 0.304. The summed E-state index contributed by atoms with van der Waals surface area (Å²) in [7, 11) is -3.68. The van der Waals surface area contributed by atoms with Crippen molar-refractivity contribution in [3.05, 3.63) is 9.88 Å². The maximum Gasteiger partial charge on any atom is 0.315 e. The van der Waals surface area contributed by atoms with Crippen molar-refractivity contribution < 1.29 is 12.6 Å². The van der Waals surface area contributed by atoms with Crippen molar-refractivity contribution in [1.29, 1.82) is 0 Å². The molecule has 0 aliphatic carbocycles.